The fourth-order valence-corrected chi connectivity index (χ4v) is 5.69. The first-order chi connectivity index (χ1) is 22.1. The number of allylic oxidation sites excluding steroid dienone is 2. The van der Waals surface area contributed by atoms with Gasteiger partial charge in [-0.25, -0.2) is 16.8 Å². The van der Waals surface area contributed by atoms with Crippen molar-refractivity contribution >= 4 is 58.5 Å². The molecular weight excluding hydrogens is 665 g/mol. The zero-order valence-corrected chi connectivity index (χ0v) is 34.2. The molecule has 0 aliphatic heterocycles. The molecule has 0 atom stereocenters. The summed E-state index contributed by atoms with van der Waals surface area (Å²) in [5.74, 6) is 0. The summed E-state index contributed by atoms with van der Waals surface area (Å²) < 4.78 is 68.9. The quantitative estimate of drug-likeness (QED) is 0.0210. The number of hydrogen-bond acceptors (Lipinski definition) is 8. The molecule has 276 valence electrons. The third kappa shape index (κ3) is 55.8. The maximum Gasteiger partial charge on any atom is 2.00 e. The summed E-state index contributed by atoms with van der Waals surface area (Å²) in [7, 11) is -9.16. The molecule has 0 aliphatic carbocycles. The zero-order chi connectivity index (χ0) is 34.5. The Morgan fingerprint density at radius 1 is 0.383 bits per heavy atom. The summed E-state index contributed by atoms with van der Waals surface area (Å²) in [6.07, 6.45) is 43.5. The van der Waals surface area contributed by atoms with Gasteiger partial charge in [0, 0.05) is 0 Å². The number of unbranched alkanes of at least 4 members (excludes halogenated alkanes) is 28. The van der Waals surface area contributed by atoms with E-state index < -0.39 is 20.8 Å². The second-order valence-electron chi connectivity index (χ2n) is 12.5. The van der Waals surface area contributed by atoms with Crippen LogP contribution in [0.1, 0.15) is 206 Å². The normalized spacial score (nSPS) is 11.8. The average Bonchev–Trinajstić information content (AvgIpc) is 2.99. The smallest absolute Gasteiger partial charge is 0.716 e. The molecule has 0 unspecified atom stereocenters. The minimum Gasteiger partial charge on any atom is -0.716 e. The van der Waals surface area contributed by atoms with E-state index in [0.29, 0.717) is 0 Å². The minimum atomic E-state index is -4.58. The molecule has 0 aromatic heterocycles. The third-order valence-electron chi connectivity index (χ3n) is 7.99. The number of rotatable bonds is 34. The van der Waals surface area contributed by atoms with E-state index in [-0.39, 0.29) is 37.7 Å². The Balaban J connectivity index is -0.000000807. The van der Waals surface area contributed by atoms with E-state index in [1.165, 1.54) is 154 Å². The Morgan fingerprint density at radius 3 is 0.766 bits per heavy atom. The van der Waals surface area contributed by atoms with E-state index in [2.05, 4.69) is 22.2 Å². The van der Waals surface area contributed by atoms with Gasteiger partial charge >= 0.3 is 37.7 Å². The molecule has 0 bridgehead atoms. The van der Waals surface area contributed by atoms with Crippen molar-refractivity contribution in [3.8, 4) is 0 Å². The summed E-state index contributed by atoms with van der Waals surface area (Å²) in [6, 6.07) is 0. The van der Waals surface area contributed by atoms with E-state index in [0.717, 1.165) is 51.0 Å². The first kappa shape index (κ1) is 51.5. The Morgan fingerprint density at radius 2 is 0.574 bits per heavy atom. The Hall–Kier alpha value is 0.160. The van der Waals surface area contributed by atoms with E-state index in [4.69, 9.17) is 0 Å². The van der Waals surface area contributed by atoms with Gasteiger partial charge in [-0.15, -0.1) is 0 Å². The van der Waals surface area contributed by atoms with Gasteiger partial charge in [0.05, 0.1) is 0 Å². The van der Waals surface area contributed by atoms with Crippen LogP contribution in [0.25, 0.3) is 0 Å². The summed E-state index contributed by atoms with van der Waals surface area (Å²) in [6.45, 7) is 4.51. The van der Waals surface area contributed by atoms with Crippen LogP contribution in [-0.2, 0) is 29.2 Å². The molecule has 0 spiro atoms. The largest absolute Gasteiger partial charge is 2.00 e. The molecule has 47 heavy (non-hydrogen) atoms. The van der Waals surface area contributed by atoms with Gasteiger partial charge in [0.1, 0.15) is 12.5 Å². The van der Waals surface area contributed by atoms with Crippen LogP contribution in [0, 0.1) is 0 Å². The van der Waals surface area contributed by atoms with Gasteiger partial charge < -0.3 is 17.5 Å². The van der Waals surface area contributed by atoms with Crippen LogP contribution in [0.2, 0.25) is 0 Å². The Kier molecular flexibility index (Phi) is 44.5. The fourth-order valence-electron chi connectivity index (χ4n) is 5.26. The van der Waals surface area contributed by atoms with Crippen LogP contribution in [0.15, 0.2) is 24.7 Å². The Bertz CT molecular complexity index is 805. The van der Waals surface area contributed by atoms with E-state index in [1.54, 1.807) is 12.2 Å². The van der Waals surface area contributed by atoms with Gasteiger partial charge in [-0.05, 0) is 37.8 Å². The maximum atomic E-state index is 10.2. The molecule has 0 saturated carbocycles. The van der Waals surface area contributed by atoms with Crippen LogP contribution in [0.5, 0.6) is 0 Å². The van der Waals surface area contributed by atoms with E-state index in [9.17, 15) is 25.9 Å². The second-order valence-corrected chi connectivity index (χ2v) is 14.5. The minimum absolute atomic E-state index is 0. The predicted molar refractivity (Wildman–Crippen MR) is 195 cm³/mol. The first-order valence-electron chi connectivity index (χ1n) is 18.7. The Labute approximate surface area is 321 Å². The van der Waals surface area contributed by atoms with Gasteiger partial charge in [-0.3, -0.25) is 0 Å². The van der Waals surface area contributed by atoms with Crippen molar-refractivity contribution in [2.24, 2.45) is 0 Å². The summed E-state index contributed by atoms with van der Waals surface area (Å²) in [5, 5.41) is 0. The summed E-state index contributed by atoms with van der Waals surface area (Å²) >= 11 is 0. The van der Waals surface area contributed by atoms with E-state index in [1.807, 2.05) is 0 Å². The van der Waals surface area contributed by atoms with Crippen LogP contribution in [-0.4, -0.2) is 63.7 Å². The summed E-state index contributed by atoms with van der Waals surface area (Å²) in [5.41, 5.74) is 0. The van der Waals surface area contributed by atoms with Gasteiger partial charge in [-0.2, -0.15) is 0 Å². The van der Waals surface area contributed by atoms with Crippen LogP contribution < -0.4 is 0 Å². The van der Waals surface area contributed by atoms with Gasteiger partial charge in [0.2, 0.25) is 0 Å². The molecule has 0 rings (SSSR count). The van der Waals surface area contributed by atoms with E-state index >= 15 is 0 Å². The second kappa shape index (κ2) is 40.6. The molecule has 0 radical (unpaired) electrons. The predicted octanol–water partition coefficient (Wildman–Crippen LogP) is 11.3. The molecule has 0 N–H and O–H groups in total. The average molecular weight is 735 g/mol. The molecule has 0 heterocycles. The molecule has 8 nitrogen and oxygen atoms in total. The topological polar surface area (TPSA) is 133 Å². The molecule has 0 amide bonds. The molecule has 0 aliphatic rings. The maximum absolute atomic E-state index is 10.2. The fraction of sp³-hybridized carbons (Fsp3) is 0.889. The zero-order valence-electron chi connectivity index (χ0n) is 30.3. The van der Waals surface area contributed by atoms with Crippen molar-refractivity contribution in [2.75, 3.05) is 0 Å². The third-order valence-corrected chi connectivity index (χ3v) is 8.68. The first-order valence-corrected chi connectivity index (χ1v) is 21.4. The standard InChI is InChI=1S/2C18H36O4S.Ca/c2*1-2-3-4-5-6-7-8-9-10-11-12-13-14-15-16-17-18-22-23(19,20)21;/h2*17-18H,2-16H2,1H3,(H,19,20,21);/q;;+2/p-2/b2*18-17+;. The summed E-state index contributed by atoms with van der Waals surface area (Å²) in [4.78, 5) is 0. The van der Waals surface area contributed by atoms with Crippen molar-refractivity contribution in [3.63, 3.8) is 0 Å². The molecule has 0 fully saturated rings. The van der Waals surface area contributed by atoms with Crippen LogP contribution >= 0.6 is 0 Å². The van der Waals surface area contributed by atoms with Gasteiger partial charge in [-0.1, -0.05) is 181 Å². The van der Waals surface area contributed by atoms with Crippen LogP contribution in [0.3, 0.4) is 0 Å². The van der Waals surface area contributed by atoms with Crippen LogP contribution in [0.4, 0.5) is 0 Å². The number of hydrogen-bond donors (Lipinski definition) is 0. The molecule has 0 saturated heterocycles. The monoisotopic (exact) mass is 734 g/mol. The van der Waals surface area contributed by atoms with Crippen molar-refractivity contribution in [3.05, 3.63) is 24.7 Å². The SMILES string of the molecule is CCCCCCCCCCCCCCCC/C=C/OS(=O)(=O)[O-].CCCCCCCCCCCCCCCC/C=C/OS(=O)(=O)[O-].[Ca+2]. The van der Waals surface area contributed by atoms with Crippen molar-refractivity contribution in [1.29, 1.82) is 0 Å². The van der Waals surface area contributed by atoms with Crippen molar-refractivity contribution in [2.45, 2.75) is 206 Å². The van der Waals surface area contributed by atoms with Crippen molar-refractivity contribution in [1.82, 2.24) is 0 Å². The molecule has 0 aromatic carbocycles. The molecule has 11 heteroatoms. The van der Waals surface area contributed by atoms with Gasteiger partial charge in [0.25, 0.3) is 20.8 Å². The molecule has 0 aromatic rings. The van der Waals surface area contributed by atoms with Crippen molar-refractivity contribution < 1.29 is 34.3 Å². The molecular formula is C36H70CaO8S2. The van der Waals surface area contributed by atoms with Gasteiger partial charge in [0.15, 0.2) is 0 Å².